The summed E-state index contributed by atoms with van der Waals surface area (Å²) in [5.41, 5.74) is -0.547. The Balaban J connectivity index is 1.76. The van der Waals surface area contributed by atoms with E-state index >= 15 is 0 Å². The van der Waals surface area contributed by atoms with Gasteiger partial charge in [0.05, 0.1) is 10.6 Å². The largest absolute Gasteiger partial charge is 0.437 e. The van der Waals surface area contributed by atoms with Crippen molar-refractivity contribution in [2.24, 2.45) is 0 Å². The van der Waals surface area contributed by atoms with Crippen molar-refractivity contribution in [1.29, 1.82) is 0 Å². The Kier molecular flexibility index (Phi) is 4.21. The van der Waals surface area contributed by atoms with Crippen LogP contribution in [0.3, 0.4) is 0 Å². The van der Waals surface area contributed by atoms with Gasteiger partial charge < -0.3 is 9.73 Å². The van der Waals surface area contributed by atoms with Crippen molar-refractivity contribution in [3.8, 4) is 10.8 Å². The molecule has 2 heterocycles. The predicted molar refractivity (Wildman–Crippen MR) is 79.0 cm³/mol. The highest BCUT2D eigenvalue weighted by molar-refractivity contribution is 7.13. The van der Waals surface area contributed by atoms with Gasteiger partial charge in [-0.05, 0) is 23.6 Å². The van der Waals surface area contributed by atoms with Gasteiger partial charge in [0, 0.05) is 0 Å². The van der Waals surface area contributed by atoms with E-state index in [-0.39, 0.29) is 5.89 Å². The zero-order valence-electron chi connectivity index (χ0n) is 11.8. The monoisotopic (exact) mass is 355 g/mol. The number of hydrogen-bond acceptors (Lipinski definition) is 5. The highest BCUT2D eigenvalue weighted by atomic mass is 32.1. The van der Waals surface area contributed by atoms with E-state index in [4.69, 9.17) is 4.42 Å². The van der Waals surface area contributed by atoms with Crippen LogP contribution in [0.15, 0.2) is 38.9 Å². The lowest BCUT2D eigenvalue weighted by molar-refractivity contribution is -0.117. The number of aromatic nitrogens is 2. The summed E-state index contributed by atoms with van der Waals surface area (Å²) in [5, 5.41) is 7.64. The molecule has 1 N–H and O–H groups in total. The molecule has 0 aliphatic heterocycles. The third-order valence-corrected chi connectivity index (χ3v) is 3.80. The Hall–Kier alpha value is -2.88. The molecule has 3 rings (SSSR count). The molecule has 10 heteroatoms. The molecule has 0 fully saturated rings. The van der Waals surface area contributed by atoms with Gasteiger partial charge in [0.2, 0.25) is 5.91 Å². The second-order valence-corrected chi connectivity index (χ2v) is 5.53. The number of anilines is 1. The molecule has 1 amide bonds. The highest BCUT2D eigenvalue weighted by Gasteiger charge is 2.17. The van der Waals surface area contributed by atoms with Gasteiger partial charge in [0.25, 0.3) is 5.89 Å². The molecule has 0 saturated carbocycles. The lowest BCUT2D eigenvalue weighted by Gasteiger charge is -2.06. The number of nitrogens with one attached hydrogen (secondary N) is 1. The Labute approximate surface area is 136 Å². The first-order chi connectivity index (χ1) is 11.5. The first kappa shape index (κ1) is 16.0. The predicted octanol–water partition coefficient (Wildman–Crippen LogP) is 2.62. The topological polar surface area (TPSA) is 77.1 Å². The number of rotatable bonds is 4. The number of thiophene rings is 1. The molecule has 0 bridgehead atoms. The van der Waals surface area contributed by atoms with Crippen molar-refractivity contribution in [2.75, 3.05) is 5.32 Å². The Morgan fingerprint density at radius 3 is 2.75 bits per heavy atom. The van der Waals surface area contributed by atoms with E-state index in [9.17, 15) is 22.8 Å². The Morgan fingerprint density at radius 1 is 1.25 bits per heavy atom. The lowest BCUT2D eigenvalue weighted by atomic mass is 10.2. The van der Waals surface area contributed by atoms with Gasteiger partial charge >= 0.3 is 5.76 Å². The van der Waals surface area contributed by atoms with E-state index in [1.807, 2.05) is 5.32 Å². The van der Waals surface area contributed by atoms with Crippen molar-refractivity contribution in [3.05, 3.63) is 57.6 Å². The van der Waals surface area contributed by atoms with E-state index in [2.05, 4.69) is 5.10 Å². The van der Waals surface area contributed by atoms with Crippen molar-refractivity contribution in [3.63, 3.8) is 0 Å². The maximum atomic E-state index is 13.5. The SMILES string of the molecule is O=C(Cn1nc(-c2cccs2)oc1=O)Nc1ccc(F)c(F)c1F. The minimum atomic E-state index is -1.70. The number of carbonyl (C=O) groups is 1. The number of benzene rings is 1. The normalized spacial score (nSPS) is 10.8. The second kappa shape index (κ2) is 6.32. The van der Waals surface area contributed by atoms with Gasteiger partial charge in [-0.2, -0.15) is 4.68 Å². The van der Waals surface area contributed by atoms with Gasteiger partial charge in [-0.3, -0.25) is 4.79 Å². The van der Waals surface area contributed by atoms with Crippen LogP contribution in [0.25, 0.3) is 10.8 Å². The standard InChI is InChI=1S/C14H8F3N3O3S/c15-7-3-4-8(12(17)11(7)16)18-10(21)6-20-14(22)23-13(19-20)9-2-1-5-24-9/h1-5H,6H2,(H,18,21). The number of carbonyl (C=O) groups excluding carboxylic acids is 1. The summed E-state index contributed by atoms with van der Waals surface area (Å²) in [7, 11) is 0. The van der Waals surface area contributed by atoms with E-state index in [0.717, 1.165) is 10.7 Å². The molecule has 3 aromatic rings. The zero-order chi connectivity index (χ0) is 17.3. The van der Waals surface area contributed by atoms with Gasteiger partial charge in [-0.1, -0.05) is 6.07 Å². The summed E-state index contributed by atoms with van der Waals surface area (Å²) >= 11 is 1.29. The van der Waals surface area contributed by atoms with Gasteiger partial charge in [-0.25, -0.2) is 18.0 Å². The summed E-state index contributed by atoms with van der Waals surface area (Å²) < 4.78 is 45.1. The number of halogens is 3. The van der Waals surface area contributed by atoms with Crippen molar-refractivity contribution in [2.45, 2.75) is 6.54 Å². The van der Waals surface area contributed by atoms with E-state index in [1.54, 1.807) is 17.5 Å². The van der Waals surface area contributed by atoms with Crippen LogP contribution in [0.2, 0.25) is 0 Å². The molecule has 6 nitrogen and oxygen atoms in total. The molecule has 1 aromatic carbocycles. The maximum absolute atomic E-state index is 13.5. The smallest absolute Gasteiger partial charge is 0.387 e. The third-order valence-electron chi connectivity index (χ3n) is 2.94. The fraction of sp³-hybridized carbons (Fsp3) is 0.0714. The van der Waals surface area contributed by atoms with Crippen molar-refractivity contribution < 1.29 is 22.4 Å². The maximum Gasteiger partial charge on any atom is 0.437 e. The first-order valence-corrected chi connectivity index (χ1v) is 7.39. The van der Waals surface area contributed by atoms with Crippen molar-refractivity contribution >= 4 is 22.9 Å². The average molecular weight is 355 g/mol. The van der Waals surface area contributed by atoms with Crippen LogP contribution in [0, 0.1) is 17.5 Å². The first-order valence-electron chi connectivity index (χ1n) is 6.51. The molecular weight excluding hydrogens is 347 g/mol. The Morgan fingerprint density at radius 2 is 2.04 bits per heavy atom. The molecule has 2 aromatic heterocycles. The molecular formula is C14H8F3N3O3S. The van der Waals surface area contributed by atoms with Crippen LogP contribution < -0.4 is 11.1 Å². The zero-order valence-corrected chi connectivity index (χ0v) is 12.6. The minimum Gasteiger partial charge on any atom is -0.387 e. The molecule has 24 heavy (non-hydrogen) atoms. The summed E-state index contributed by atoms with van der Waals surface area (Å²) in [6.07, 6.45) is 0. The highest BCUT2D eigenvalue weighted by Crippen LogP contribution is 2.21. The van der Waals surface area contributed by atoms with Crippen LogP contribution >= 0.6 is 11.3 Å². The van der Waals surface area contributed by atoms with Gasteiger partial charge in [0.15, 0.2) is 17.5 Å². The van der Waals surface area contributed by atoms with Gasteiger partial charge in [-0.15, -0.1) is 16.4 Å². The van der Waals surface area contributed by atoms with Crippen LogP contribution in [0.4, 0.5) is 18.9 Å². The molecule has 124 valence electrons. The van der Waals surface area contributed by atoms with Crippen LogP contribution in [0.1, 0.15) is 0 Å². The summed E-state index contributed by atoms with van der Waals surface area (Å²) in [5.74, 6) is -6.30. The van der Waals surface area contributed by atoms with Crippen LogP contribution in [0.5, 0.6) is 0 Å². The summed E-state index contributed by atoms with van der Waals surface area (Å²) in [6.45, 7) is -0.577. The molecule has 0 spiro atoms. The van der Waals surface area contributed by atoms with E-state index in [1.165, 1.54) is 11.3 Å². The molecule has 0 atom stereocenters. The molecule has 0 aliphatic carbocycles. The van der Waals surface area contributed by atoms with Crippen molar-refractivity contribution in [1.82, 2.24) is 9.78 Å². The van der Waals surface area contributed by atoms with Gasteiger partial charge in [0.1, 0.15) is 6.54 Å². The fourth-order valence-corrected chi connectivity index (χ4v) is 2.50. The van der Waals surface area contributed by atoms with E-state index in [0.29, 0.717) is 10.9 Å². The third kappa shape index (κ3) is 3.08. The lowest BCUT2D eigenvalue weighted by Crippen LogP contribution is -2.26. The summed E-state index contributed by atoms with van der Waals surface area (Å²) in [6, 6.07) is 4.95. The molecule has 0 unspecified atom stereocenters. The van der Waals surface area contributed by atoms with Crippen LogP contribution in [-0.2, 0) is 11.3 Å². The Bertz CT molecular complexity index is 950. The molecule has 0 aliphatic rings. The minimum absolute atomic E-state index is 0.0433. The quantitative estimate of drug-likeness (QED) is 0.730. The number of nitrogens with zero attached hydrogens (tertiary/aromatic N) is 2. The second-order valence-electron chi connectivity index (χ2n) is 4.58. The molecule has 0 radical (unpaired) electrons. The number of hydrogen-bond donors (Lipinski definition) is 1. The molecule has 0 saturated heterocycles. The van der Waals surface area contributed by atoms with E-state index < -0.39 is 41.3 Å². The summed E-state index contributed by atoms with van der Waals surface area (Å²) in [4.78, 5) is 24.1. The fourth-order valence-electron chi connectivity index (χ4n) is 1.85. The van der Waals surface area contributed by atoms with Crippen LogP contribution in [-0.4, -0.2) is 15.7 Å². The number of amides is 1. The average Bonchev–Trinajstić information content (AvgIpc) is 3.18.